The molecular formula is C50H68N8O12. The predicted octanol–water partition coefficient (Wildman–Crippen LogP) is 4.27. The fourth-order valence-electron chi connectivity index (χ4n) is 6.48. The highest BCUT2D eigenvalue weighted by molar-refractivity contribution is 5.99. The van der Waals surface area contributed by atoms with Gasteiger partial charge in [-0.1, -0.05) is 18.2 Å². The maximum atomic E-state index is 14.2. The van der Waals surface area contributed by atoms with Gasteiger partial charge in [-0.05, 0) is 129 Å². The van der Waals surface area contributed by atoms with E-state index in [1.807, 2.05) is 26.1 Å². The molecule has 20 heteroatoms. The molecule has 20 nitrogen and oxygen atoms in total. The highest BCUT2D eigenvalue weighted by Crippen LogP contribution is 2.40. The number of ether oxygens (including phenoxy) is 5. The van der Waals surface area contributed by atoms with Gasteiger partial charge in [0.05, 0.1) is 37.3 Å². The molecule has 3 rings (SSSR count). The second-order valence-electron chi connectivity index (χ2n) is 18.3. The first-order chi connectivity index (χ1) is 32.9. The Labute approximate surface area is 409 Å². The lowest BCUT2D eigenvalue weighted by atomic mass is 9.94. The van der Waals surface area contributed by atoms with Gasteiger partial charge in [0.25, 0.3) is 11.8 Å². The number of nitriles is 1. The fourth-order valence-corrected chi connectivity index (χ4v) is 6.48. The summed E-state index contributed by atoms with van der Waals surface area (Å²) in [4.78, 5) is 91.8. The highest BCUT2D eigenvalue weighted by Gasteiger charge is 2.31. The van der Waals surface area contributed by atoms with E-state index in [9.17, 15) is 33.6 Å². The minimum atomic E-state index is -1.38. The molecule has 0 fully saturated rings. The number of hydrogen-bond donors (Lipinski definition) is 6. The number of benzene rings is 3. The first-order valence-electron chi connectivity index (χ1n) is 22.8. The fraction of sp³-hybridized carbons (Fsp3) is 0.480. The Kier molecular flexibility index (Phi) is 21.9. The highest BCUT2D eigenvalue weighted by atomic mass is 16.6. The van der Waals surface area contributed by atoms with Crippen molar-refractivity contribution in [1.29, 1.82) is 5.26 Å². The Balaban J connectivity index is 2.10. The van der Waals surface area contributed by atoms with Crippen LogP contribution in [0.2, 0.25) is 0 Å². The molecule has 380 valence electrons. The van der Waals surface area contributed by atoms with Crippen LogP contribution in [0.4, 0.5) is 9.59 Å². The van der Waals surface area contributed by atoms with Crippen molar-refractivity contribution in [3.05, 3.63) is 76.9 Å². The molecule has 0 spiro atoms. The summed E-state index contributed by atoms with van der Waals surface area (Å²) in [5.74, 6) is -1.95. The van der Waals surface area contributed by atoms with E-state index < -0.39 is 72.3 Å². The Bertz CT molecular complexity index is 2350. The van der Waals surface area contributed by atoms with Gasteiger partial charge in [-0.25, -0.2) is 9.59 Å². The van der Waals surface area contributed by atoms with E-state index >= 15 is 0 Å². The summed E-state index contributed by atoms with van der Waals surface area (Å²) in [7, 11) is 3.22. The molecule has 0 aromatic heterocycles. The molecule has 3 aromatic rings. The molecule has 2 unspecified atom stereocenters. The minimum Gasteiger partial charge on any atom is -0.491 e. The Hall–Kier alpha value is -7.40. The van der Waals surface area contributed by atoms with Crippen LogP contribution in [0.1, 0.15) is 88.5 Å². The number of likely N-dealkylation sites (N-methyl/N-ethyl adjacent to an activating group) is 2. The van der Waals surface area contributed by atoms with Crippen molar-refractivity contribution in [2.24, 2.45) is 0 Å². The molecule has 0 saturated heterocycles. The third kappa shape index (κ3) is 19.3. The number of carbonyl (C=O) groups is 7. The summed E-state index contributed by atoms with van der Waals surface area (Å²) in [6.07, 6.45) is -0.115. The normalized spacial score (nSPS) is 12.4. The predicted molar refractivity (Wildman–Crippen MR) is 260 cm³/mol. The van der Waals surface area contributed by atoms with Gasteiger partial charge in [0.2, 0.25) is 11.8 Å². The van der Waals surface area contributed by atoms with Crippen molar-refractivity contribution >= 4 is 42.1 Å². The van der Waals surface area contributed by atoms with E-state index in [2.05, 4.69) is 31.9 Å². The zero-order chi connectivity index (χ0) is 52.2. The minimum absolute atomic E-state index is 0.0148. The number of carbonyl (C=O) groups excluding carboxylic acids is 7. The summed E-state index contributed by atoms with van der Waals surface area (Å²) in [6.45, 7) is 14.6. The van der Waals surface area contributed by atoms with Crippen LogP contribution in [0, 0.1) is 18.3 Å². The molecule has 0 aliphatic carbocycles. The first kappa shape index (κ1) is 56.9. The third-order valence-electron chi connectivity index (χ3n) is 9.85. The van der Waals surface area contributed by atoms with Crippen molar-refractivity contribution in [2.75, 3.05) is 60.1 Å². The van der Waals surface area contributed by atoms with Crippen molar-refractivity contribution in [3.63, 3.8) is 0 Å². The molecule has 3 atom stereocenters. The van der Waals surface area contributed by atoms with Crippen molar-refractivity contribution in [2.45, 2.75) is 98.1 Å². The van der Waals surface area contributed by atoms with E-state index in [1.54, 1.807) is 90.9 Å². The Morgan fingerprint density at radius 2 is 1.34 bits per heavy atom. The summed E-state index contributed by atoms with van der Waals surface area (Å²) in [5, 5.41) is 24.9. The quantitative estimate of drug-likeness (QED) is 0.0416. The van der Waals surface area contributed by atoms with Gasteiger partial charge in [-0.2, -0.15) is 5.26 Å². The first-order valence-corrected chi connectivity index (χ1v) is 22.8. The molecule has 3 aromatic carbocycles. The molecule has 70 heavy (non-hydrogen) atoms. The molecule has 0 bridgehead atoms. The molecule has 0 aliphatic rings. The average Bonchev–Trinajstić information content (AvgIpc) is 3.28. The van der Waals surface area contributed by atoms with Crippen LogP contribution >= 0.6 is 0 Å². The van der Waals surface area contributed by atoms with Crippen molar-refractivity contribution < 1.29 is 57.2 Å². The molecule has 0 radical (unpaired) electrons. The second kappa shape index (κ2) is 27.0. The van der Waals surface area contributed by atoms with E-state index in [4.69, 9.17) is 28.9 Å². The van der Waals surface area contributed by atoms with Crippen LogP contribution in [-0.2, 0) is 35.1 Å². The number of aldehydes is 1. The molecule has 0 saturated carbocycles. The SMILES string of the molecule is CNC(C)Cc1ccc(OCCNC(=O)OC(C)(C)C)c(-c2cc(C(C(=O)N[C@@H](C)C=O)N(C)C(=O)CNC(=O)c3ccc(C)cc3OCC(=O)NCC#N)ccc2OCCNC(=O)OC(C)(C)C)c1. The largest absolute Gasteiger partial charge is 0.491 e. The number of hydrogen-bond acceptors (Lipinski definition) is 14. The third-order valence-corrected chi connectivity index (χ3v) is 9.85. The lowest BCUT2D eigenvalue weighted by molar-refractivity contribution is -0.139. The lowest BCUT2D eigenvalue weighted by Gasteiger charge is -2.29. The maximum absolute atomic E-state index is 14.2. The van der Waals surface area contributed by atoms with Crippen LogP contribution in [0.25, 0.3) is 11.1 Å². The number of amides is 6. The van der Waals surface area contributed by atoms with E-state index in [-0.39, 0.29) is 55.8 Å². The van der Waals surface area contributed by atoms with Crippen LogP contribution in [0.15, 0.2) is 54.6 Å². The van der Waals surface area contributed by atoms with Gasteiger partial charge in [0.15, 0.2) is 6.61 Å². The van der Waals surface area contributed by atoms with Crippen molar-refractivity contribution in [3.8, 4) is 34.4 Å². The van der Waals surface area contributed by atoms with E-state index in [0.717, 1.165) is 16.0 Å². The standard InChI is InChI=1S/C50H68N8O12/c1-31-12-15-36(41(24-31)68-30-42(60)53-19-18-51)45(62)56-28-43(61)58(11)44(46(63)57-33(3)29-59)35-14-17-40(67-23-21-55-48(65)70-50(7,8)9)38(27-35)37-26-34(25-32(2)52-10)13-16-39(37)66-22-20-54-47(64)69-49(4,5)6/h12-17,24,26-27,29,32-33,44,52H,19-23,25,28,30H2,1-11H3,(H,53,60)(H,54,64)(H,55,65)(H,56,62)(H,57,63)/t32?,33-,44?/m0/s1. The number of nitrogens with one attached hydrogen (secondary N) is 6. The van der Waals surface area contributed by atoms with Gasteiger partial charge in [0.1, 0.15) is 60.5 Å². The van der Waals surface area contributed by atoms with E-state index in [1.165, 1.54) is 20.0 Å². The van der Waals surface area contributed by atoms with Gasteiger partial charge in [0, 0.05) is 24.2 Å². The second-order valence-corrected chi connectivity index (χ2v) is 18.3. The number of alkyl carbamates (subject to hydrolysis) is 2. The van der Waals surface area contributed by atoms with Crippen LogP contribution in [-0.4, -0.2) is 130 Å². The number of rotatable bonds is 24. The number of nitrogens with zero attached hydrogens (tertiary/aromatic N) is 2. The molecule has 0 heterocycles. The summed E-state index contributed by atoms with van der Waals surface area (Å²) >= 11 is 0. The summed E-state index contributed by atoms with van der Waals surface area (Å²) in [5.41, 5.74) is 1.44. The summed E-state index contributed by atoms with van der Waals surface area (Å²) in [6, 6.07) is 14.7. The molecular weight excluding hydrogens is 905 g/mol. The van der Waals surface area contributed by atoms with E-state index in [0.29, 0.717) is 35.3 Å². The number of aryl methyl sites for hydroxylation is 1. The van der Waals surface area contributed by atoms with Gasteiger partial charge < -0.3 is 65.3 Å². The lowest BCUT2D eigenvalue weighted by Crippen LogP contribution is -2.47. The zero-order valence-electron chi connectivity index (χ0n) is 42.0. The smallest absolute Gasteiger partial charge is 0.407 e. The molecule has 6 amide bonds. The van der Waals surface area contributed by atoms with Gasteiger partial charge in [-0.15, -0.1) is 0 Å². The summed E-state index contributed by atoms with van der Waals surface area (Å²) < 4.78 is 28.9. The topological polar surface area (TPSA) is 265 Å². The van der Waals surface area contributed by atoms with Crippen molar-refractivity contribution in [1.82, 2.24) is 36.8 Å². The average molecular weight is 973 g/mol. The van der Waals surface area contributed by atoms with Crippen LogP contribution < -0.4 is 46.1 Å². The Morgan fingerprint density at radius 3 is 1.90 bits per heavy atom. The monoisotopic (exact) mass is 972 g/mol. The van der Waals surface area contributed by atoms with Crippen LogP contribution in [0.3, 0.4) is 0 Å². The maximum Gasteiger partial charge on any atom is 0.407 e. The molecule has 0 aliphatic heterocycles. The van der Waals surface area contributed by atoms with Gasteiger partial charge >= 0.3 is 12.2 Å². The Morgan fingerprint density at radius 1 is 0.757 bits per heavy atom. The molecule has 6 N–H and O–H groups in total. The van der Waals surface area contributed by atoms with Gasteiger partial charge in [-0.3, -0.25) is 19.2 Å². The zero-order valence-corrected chi connectivity index (χ0v) is 42.0. The van der Waals surface area contributed by atoms with Crippen LogP contribution in [0.5, 0.6) is 17.2 Å².